The van der Waals surface area contributed by atoms with Crippen molar-refractivity contribution in [3.8, 4) is 0 Å². The summed E-state index contributed by atoms with van der Waals surface area (Å²) in [6.45, 7) is 1.82. The molecule has 0 bridgehead atoms. The fraction of sp³-hybridized carbons (Fsp3) is 0.923. The summed E-state index contributed by atoms with van der Waals surface area (Å²) in [5.74, 6) is -0.192. The summed E-state index contributed by atoms with van der Waals surface area (Å²) in [6, 6.07) is 0.436. The largest absolute Gasteiger partial charge is 0.481 e. The average Bonchev–Trinajstić information content (AvgIpc) is 2.26. The standard InChI is InChI=1S/C13H25NO2/c1-10(13(15)16)9-12(14(2)3)11-7-5-4-6-8-11/h10-12H,4-9H2,1-3H3,(H,15,16). The van der Waals surface area contributed by atoms with Crippen molar-refractivity contribution in [2.24, 2.45) is 11.8 Å². The highest BCUT2D eigenvalue weighted by Gasteiger charge is 2.28. The molecule has 0 aromatic heterocycles. The molecule has 0 heterocycles. The number of hydrogen-bond donors (Lipinski definition) is 1. The minimum atomic E-state index is -0.664. The van der Waals surface area contributed by atoms with E-state index in [1.807, 2.05) is 6.92 Å². The fourth-order valence-corrected chi connectivity index (χ4v) is 2.81. The molecule has 16 heavy (non-hydrogen) atoms. The normalized spacial score (nSPS) is 22.0. The monoisotopic (exact) mass is 227 g/mol. The maximum absolute atomic E-state index is 10.9. The Kier molecular flexibility index (Phi) is 5.26. The van der Waals surface area contributed by atoms with E-state index in [9.17, 15) is 4.79 Å². The lowest BCUT2D eigenvalue weighted by molar-refractivity contribution is -0.141. The van der Waals surface area contributed by atoms with E-state index in [1.165, 1.54) is 32.1 Å². The molecule has 2 atom stereocenters. The summed E-state index contributed by atoms with van der Waals surface area (Å²) in [6.07, 6.45) is 7.31. The van der Waals surface area contributed by atoms with Gasteiger partial charge in [-0.15, -0.1) is 0 Å². The van der Waals surface area contributed by atoms with Crippen LogP contribution in [0, 0.1) is 11.8 Å². The van der Waals surface area contributed by atoms with Gasteiger partial charge in [0, 0.05) is 6.04 Å². The first-order valence-electron chi connectivity index (χ1n) is 6.41. The predicted octanol–water partition coefficient (Wildman–Crippen LogP) is 2.61. The van der Waals surface area contributed by atoms with Crippen LogP contribution in [0.3, 0.4) is 0 Å². The molecular weight excluding hydrogens is 202 g/mol. The molecule has 0 saturated heterocycles. The van der Waals surface area contributed by atoms with Gasteiger partial charge in [0.1, 0.15) is 0 Å². The average molecular weight is 227 g/mol. The Bertz CT molecular complexity index is 222. The zero-order valence-electron chi connectivity index (χ0n) is 10.8. The van der Waals surface area contributed by atoms with Gasteiger partial charge in [0.15, 0.2) is 0 Å². The third-order valence-corrected chi connectivity index (χ3v) is 3.87. The van der Waals surface area contributed by atoms with Gasteiger partial charge in [0.05, 0.1) is 5.92 Å². The second-order valence-electron chi connectivity index (χ2n) is 5.40. The van der Waals surface area contributed by atoms with Crippen molar-refractivity contribution in [1.82, 2.24) is 4.90 Å². The number of nitrogens with zero attached hydrogens (tertiary/aromatic N) is 1. The van der Waals surface area contributed by atoms with Crippen molar-refractivity contribution in [1.29, 1.82) is 0 Å². The van der Waals surface area contributed by atoms with Crippen LogP contribution >= 0.6 is 0 Å². The van der Waals surface area contributed by atoms with Crippen molar-refractivity contribution in [2.45, 2.75) is 51.5 Å². The van der Waals surface area contributed by atoms with Gasteiger partial charge >= 0.3 is 5.97 Å². The molecule has 1 N–H and O–H groups in total. The molecule has 0 amide bonds. The molecule has 3 heteroatoms. The highest BCUT2D eigenvalue weighted by atomic mass is 16.4. The van der Waals surface area contributed by atoms with Crippen LogP contribution in [0.2, 0.25) is 0 Å². The van der Waals surface area contributed by atoms with Crippen molar-refractivity contribution >= 4 is 5.97 Å². The lowest BCUT2D eigenvalue weighted by Gasteiger charge is -2.35. The summed E-state index contributed by atoms with van der Waals surface area (Å²) in [5, 5.41) is 8.99. The SMILES string of the molecule is CC(CC(C1CCCCC1)N(C)C)C(=O)O. The highest BCUT2D eigenvalue weighted by Crippen LogP contribution is 2.31. The van der Waals surface area contributed by atoms with Crippen LogP contribution in [-0.2, 0) is 4.79 Å². The van der Waals surface area contributed by atoms with Crippen molar-refractivity contribution in [2.75, 3.05) is 14.1 Å². The van der Waals surface area contributed by atoms with E-state index >= 15 is 0 Å². The van der Waals surface area contributed by atoms with Crippen LogP contribution in [0.15, 0.2) is 0 Å². The van der Waals surface area contributed by atoms with Gasteiger partial charge in [0.2, 0.25) is 0 Å². The summed E-state index contributed by atoms with van der Waals surface area (Å²) in [5.41, 5.74) is 0. The Hall–Kier alpha value is -0.570. The Morgan fingerprint density at radius 1 is 1.31 bits per heavy atom. The van der Waals surface area contributed by atoms with Crippen LogP contribution in [-0.4, -0.2) is 36.1 Å². The van der Waals surface area contributed by atoms with Gasteiger partial charge < -0.3 is 10.0 Å². The third kappa shape index (κ3) is 3.78. The number of carboxylic acid groups (broad SMARTS) is 1. The Balaban J connectivity index is 2.55. The number of rotatable bonds is 5. The molecule has 0 aromatic rings. The van der Waals surface area contributed by atoms with Crippen LogP contribution in [0.5, 0.6) is 0 Å². The molecule has 0 aliphatic heterocycles. The molecule has 0 aromatic carbocycles. The van der Waals surface area contributed by atoms with Gasteiger partial charge in [-0.3, -0.25) is 4.79 Å². The highest BCUT2D eigenvalue weighted by molar-refractivity contribution is 5.69. The van der Waals surface area contributed by atoms with Gasteiger partial charge in [-0.1, -0.05) is 26.2 Å². The second-order valence-corrected chi connectivity index (χ2v) is 5.40. The molecule has 1 rings (SSSR count). The van der Waals surface area contributed by atoms with Crippen LogP contribution < -0.4 is 0 Å². The lowest BCUT2D eigenvalue weighted by Crippen LogP contribution is -2.38. The van der Waals surface area contributed by atoms with E-state index in [-0.39, 0.29) is 5.92 Å². The molecule has 1 aliphatic rings. The van der Waals surface area contributed by atoms with E-state index < -0.39 is 5.97 Å². The first kappa shape index (κ1) is 13.5. The topological polar surface area (TPSA) is 40.5 Å². The first-order valence-corrected chi connectivity index (χ1v) is 6.41. The number of carbonyl (C=O) groups is 1. The van der Waals surface area contributed by atoms with Crippen LogP contribution in [0.1, 0.15) is 45.4 Å². The lowest BCUT2D eigenvalue weighted by atomic mass is 9.80. The number of aliphatic carboxylic acids is 1. The van der Waals surface area contributed by atoms with Gasteiger partial charge in [-0.25, -0.2) is 0 Å². The molecule has 94 valence electrons. The fourth-order valence-electron chi connectivity index (χ4n) is 2.81. The zero-order valence-corrected chi connectivity index (χ0v) is 10.8. The molecule has 3 nitrogen and oxygen atoms in total. The zero-order chi connectivity index (χ0) is 12.1. The maximum Gasteiger partial charge on any atom is 0.306 e. The number of carboxylic acids is 1. The summed E-state index contributed by atoms with van der Waals surface area (Å²) in [7, 11) is 4.15. The minimum absolute atomic E-state index is 0.227. The van der Waals surface area contributed by atoms with E-state index in [0.29, 0.717) is 12.0 Å². The van der Waals surface area contributed by atoms with Gasteiger partial charge in [0.25, 0.3) is 0 Å². The molecule has 0 spiro atoms. The summed E-state index contributed by atoms with van der Waals surface area (Å²) >= 11 is 0. The molecule has 2 unspecified atom stereocenters. The Morgan fingerprint density at radius 2 is 1.88 bits per heavy atom. The Labute approximate surface area is 98.8 Å². The van der Waals surface area contributed by atoms with Crippen molar-refractivity contribution in [3.63, 3.8) is 0 Å². The Morgan fingerprint density at radius 3 is 2.31 bits per heavy atom. The molecule has 1 aliphatic carbocycles. The second kappa shape index (κ2) is 6.24. The molecule has 1 saturated carbocycles. The van der Waals surface area contributed by atoms with E-state index in [0.717, 1.165) is 6.42 Å². The smallest absolute Gasteiger partial charge is 0.306 e. The minimum Gasteiger partial charge on any atom is -0.481 e. The van der Waals surface area contributed by atoms with E-state index in [2.05, 4.69) is 19.0 Å². The summed E-state index contributed by atoms with van der Waals surface area (Å²) < 4.78 is 0. The van der Waals surface area contributed by atoms with Crippen LogP contribution in [0.4, 0.5) is 0 Å². The third-order valence-electron chi connectivity index (χ3n) is 3.87. The van der Waals surface area contributed by atoms with Crippen LogP contribution in [0.25, 0.3) is 0 Å². The van der Waals surface area contributed by atoms with Crippen molar-refractivity contribution < 1.29 is 9.90 Å². The molecule has 1 fully saturated rings. The molecule has 0 radical (unpaired) electrons. The summed E-state index contributed by atoms with van der Waals surface area (Å²) in [4.78, 5) is 13.1. The van der Waals surface area contributed by atoms with Gasteiger partial charge in [-0.2, -0.15) is 0 Å². The quantitative estimate of drug-likeness (QED) is 0.785. The molecular formula is C13H25NO2. The first-order chi connectivity index (χ1) is 7.52. The van der Waals surface area contributed by atoms with E-state index in [4.69, 9.17) is 5.11 Å². The number of hydrogen-bond acceptors (Lipinski definition) is 2. The van der Waals surface area contributed by atoms with Crippen molar-refractivity contribution in [3.05, 3.63) is 0 Å². The van der Waals surface area contributed by atoms with Gasteiger partial charge in [-0.05, 0) is 39.3 Å². The predicted molar refractivity (Wildman–Crippen MR) is 65.5 cm³/mol. The van der Waals surface area contributed by atoms with E-state index in [1.54, 1.807) is 0 Å². The maximum atomic E-state index is 10.9.